The summed E-state index contributed by atoms with van der Waals surface area (Å²) in [6.45, 7) is 7.23. The normalized spacial score (nSPS) is 10.4. The van der Waals surface area contributed by atoms with Gasteiger partial charge in [-0.1, -0.05) is 13.2 Å². The lowest BCUT2D eigenvalue weighted by Gasteiger charge is -2.03. The van der Waals surface area contributed by atoms with Crippen molar-refractivity contribution in [3.05, 3.63) is 54.9 Å². The minimum atomic E-state index is -0.876. The minimum absolute atomic E-state index is 0.526. The van der Waals surface area contributed by atoms with Crippen molar-refractivity contribution in [3.63, 3.8) is 0 Å². The van der Waals surface area contributed by atoms with E-state index in [1.165, 1.54) is 0 Å². The van der Waals surface area contributed by atoms with Crippen LogP contribution in [0.15, 0.2) is 43.3 Å². The van der Waals surface area contributed by atoms with Gasteiger partial charge in [-0.25, -0.2) is 8.78 Å². The van der Waals surface area contributed by atoms with E-state index in [9.17, 15) is 8.78 Å². The molecule has 2 N–H and O–H groups in total. The number of halogens is 2. The van der Waals surface area contributed by atoms with E-state index in [2.05, 4.69) is 23.5 Å². The van der Waals surface area contributed by atoms with Crippen molar-refractivity contribution in [2.45, 2.75) is 0 Å². The molecule has 1 heterocycles. The molecule has 1 aromatic carbocycles. The first-order valence-corrected chi connectivity index (χ1v) is 4.66. The molecule has 0 radical (unpaired) electrons. The zero-order valence-corrected chi connectivity index (χ0v) is 8.48. The Labute approximate surface area is 91.3 Å². The zero-order valence-electron chi connectivity index (χ0n) is 8.48. The maximum Gasteiger partial charge on any atom is 0.160 e. The van der Waals surface area contributed by atoms with Gasteiger partial charge in [0.15, 0.2) is 11.6 Å². The van der Waals surface area contributed by atoms with Crippen LogP contribution in [-0.4, -0.2) is 4.98 Å². The van der Waals surface area contributed by atoms with Gasteiger partial charge >= 0.3 is 0 Å². The number of anilines is 1. The summed E-state index contributed by atoms with van der Waals surface area (Å²) >= 11 is 0. The fourth-order valence-electron chi connectivity index (χ4n) is 1.44. The van der Waals surface area contributed by atoms with Gasteiger partial charge in [-0.3, -0.25) is 0 Å². The molecule has 2 rings (SSSR count). The molecule has 0 unspecified atom stereocenters. The van der Waals surface area contributed by atoms with E-state index >= 15 is 0 Å². The first-order valence-electron chi connectivity index (χ1n) is 4.66. The quantitative estimate of drug-likeness (QED) is 0.760. The van der Waals surface area contributed by atoms with Gasteiger partial charge in [0.05, 0.1) is 11.2 Å². The Kier molecular flexibility index (Phi) is 2.48. The molecule has 16 heavy (non-hydrogen) atoms. The standard InChI is InChI=1S/C12H10F2N2/c1-3-7(2)16-12-6-15-11-5-10(14)9(13)4-8(11)12/h3-6,15-16H,1-2H2. The van der Waals surface area contributed by atoms with Gasteiger partial charge in [0.25, 0.3) is 0 Å². The summed E-state index contributed by atoms with van der Waals surface area (Å²) in [6.07, 6.45) is 3.16. The molecule has 0 atom stereocenters. The second-order valence-electron chi connectivity index (χ2n) is 3.37. The molecule has 0 fully saturated rings. The fraction of sp³-hybridized carbons (Fsp3) is 0. The van der Waals surface area contributed by atoms with Gasteiger partial charge in [0, 0.05) is 23.3 Å². The summed E-state index contributed by atoms with van der Waals surface area (Å²) in [5.74, 6) is -1.75. The molecule has 0 aliphatic heterocycles. The highest BCUT2D eigenvalue weighted by atomic mass is 19.2. The molecule has 4 heteroatoms. The largest absolute Gasteiger partial charge is 0.359 e. The minimum Gasteiger partial charge on any atom is -0.359 e. The average molecular weight is 220 g/mol. The summed E-state index contributed by atoms with van der Waals surface area (Å²) in [6, 6.07) is 2.26. The van der Waals surface area contributed by atoms with E-state index in [0.29, 0.717) is 22.3 Å². The van der Waals surface area contributed by atoms with E-state index in [4.69, 9.17) is 0 Å². The summed E-state index contributed by atoms with van der Waals surface area (Å²) in [5.41, 5.74) is 1.75. The van der Waals surface area contributed by atoms with Crippen LogP contribution in [0.1, 0.15) is 0 Å². The average Bonchev–Trinajstić information content (AvgIpc) is 2.62. The maximum atomic E-state index is 13.1. The summed E-state index contributed by atoms with van der Waals surface area (Å²) < 4.78 is 26.0. The Morgan fingerprint density at radius 1 is 1.31 bits per heavy atom. The number of aromatic amines is 1. The van der Waals surface area contributed by atoms with Gasteiger partial charge in [0.1, 0.15) is 0 Å². The third-order valence-corrected chi connectivity index (χ3v) is 2.26. The molecule has 0 saturated heterocycles. The number of benzene rings is 1. The van der Waals surface area contributed by atoms with Crippen molar-refractivity contribution in [2.24, 2.45) is 0 Å². The van der Waals surface area contributed by atoms with E-state index in [0.717, 1.165) is 12.1 Å². The Morgan fingerprint density at radius 3 is 2.69 bits per heavy atom. The van der Waals surface area contributed by atoms with Gasteiger partial charge < -0.3 is 10.3 Å². The van der Waals surface area contributed by atoms with Gasteiger partial charge in [0.2, 0.25) is 0 Å². The molecular formula is C12H10F2N2. The van der Waals surface area contributed by atoms with Gasteiger partial charge in [-0.15, -0.1) is 0 Å². The van der Waals surface area contributed by atoms with Crippen LogP contribution >= 0.6 is 0 Å². The van der Waals surface area contributed by atoms with Crippen LogP contribution in [0.2, 0.25) is 0 Å². The lowest BCUT2D eigenvalue weighted by Crippen LogP contribution is -1.93. The van der Waals surface area contributed by atoms with Crippen molar-refractivity contribution in [1.29, 1.82) is 0 Å². The molecule has 0 aliphatic carbocycles. The first-order chi connectivity index (χ1) is 7.61. The topological polar surface area (TPSA) is 27.8 Å². The molecule has 2 nitrogen and oxygen atoms in total. The molecule has 2 aromatic rings. The number of allylic oxidation sites excluding steroid dienone is 1. The van der Waals surface area contributed by atoms with Crippen molar-refractivity contribution in [1.82, 2.24) is 4.98 Å². The predicted octanol–water partition coefficient (Wildman–Crippen LogP) is 3.56. The fourth-order valence-corrected chi connectivity index (χ4v) is 1.44. The number of fused-ring (bicyclic) bond motifs is 1. The van der Waals surface area contributed by atoms with Crippen LogP contribution in [0, 0.1) is 11.6 Å². The van der Waals surface area contributed by atoms with Crippen LogP contribution in [0.4, 0.5) is 14.5 Å². The molecule has 82 valence electrons. The second-order valence-corrected chi connectivity index (χ2v) is 3.37. The molecule has 0 bridgehead atoms. The van der Waals surface area contributed by atoms with Crippen LogP contribution in [0.3, 0.4) is 0 Å². The van der Waals surface area contributed by atoms with Crippen LogP contribution in [-0.2, 0) is 0 Å². The number of hydrogen-bond donors (Lipinski definition) is 2. The van der Waals surface area contributed by atoms with Crippen LogP contribution < -0.4 is 5.32 Å². The smallest absolute Gasteiger partial charge is 0.160 e. The third kappa shape index (κ3) is 1.69. The van der Waals surface area contributed by atoms with Crippen molar-refractivity contribution >= 4 is 16.6 Å². The summed E-state index contributed by atoms with van der Waals surface area (Å²) in [4.78, 5) is 2.84. The van der Waals surface area contributed by atoms with Gasteiger partial charge in [-0.2, -0.15) is 0 Å². The highest BCUT2D eigenvalue weighted by molar-refractivity contribution is 5.93. The third-order valence-electron chi connectivity index (χ3n) is 2.26. The molecule has 0 saturated carbocycles. The SMILES string of the molecule is C=CC(=C)Nc1c[nH]c2cc(F)c(F)cc12. The number of hydrogen-bond acceptors (Lipinski definition) is 1. The maximum absolute atomic E-state index is 13.1. The Balaban J connectivity index is 2.51. The number of rotatable bonds is 3. The van der Waals surface area contributed by atoms with E-state index in [-0.39, 0.29) is 0 Å². The lowest BCUT2D eigenvalue weighted by atomic mass is 10.2. The zero-order chi connectivity index (χ0) is 11.7. The molecule has 0 spiro atoms. The van der Waals surface area contributed by atoms with Crippen molar-refractivity contribution in [3.8, 4) is 0 Å². The number of nitrogens with one attached hydrogen (secondary N) is 2. The molecular weight excluding hydrogens is 210 g/mol. The van der Waals surface area contributed by atoms with Crippen LogP contribution in [0.25, 0.3) is 10.9 Å². The van der Waals surface area contributed by atoms with Crippen LogP contribution in [0.5, 0.6) is 0 Å². The molecule has 0 aliphatic rings. The van der Waals surface area contributed by atoms with Gasteiger partial charge in [-0.05, 0) is 12.1 Å². The Morgan fingerprint density at radius 2 is 2.00 bits per heavy atom. The molecule has 1 aromatic heterocycles. The number of H-pyrrole nitrogens is 1. The highest BCUT2D eigenvalue weighted by Gasteiger charge is 2.09. The monoisotopic (exact) mass is 220 g/mol. The van der Waals surface area contributed by atoms with E-state index in [1.54, 1.807) is 12.3 Å². The Hall–Kier alpha value is -2.10. The summed E-state index contributed by atoms with van der Waals surface area (Å²) in [5, 5.41) is 3.50. The summed E-state index contributed by atoms with van der Waals surface area (Å²) in [7, 11) is 0. The van der Waals surface area contributed by atoms with E-state index in [1.807, 2.05) is 0 Å². The predicted molar refractivity (Wildman–Crippen MR) is 61.2 cm³/mol. The first kappa shape index (κ1) is 10.4. The van der Waals surface area contributed by atoms with Crippen molar-refractivity contribution < 1.29 is 8.78 Å². The highest BCUT2D eigenvalue weighted by Crippen LogP contribution is 2.26. The molecule has 0 amide bonds. The second kappa shape index (κ2) is 3.81. The lowest BCUT2D eigenvalue weighted by molar-refractivity contribution is 0.511. The van der Waals surface area contributed by atoms with Crippen molar-refractivity contribution in [2.75, 3.05) is 5.32 Å². The Bertz CT molecular complexity index is 570. The number of aromatic nitrogens is 1. The van der Waals surface area contributed by atoms with E-state index < -0.39 is 11.6 Å².